The van der Waals surface area contributed by atoms with Gasteiger partial charge >= 0.3 is 5.97 Å². The van der Waals surface area contributed by atoms with Gasteiger partial charge in [0.2, 0.25) is 5.91 Å². The molecule has 2 amide bonds. The Morgan fingerprint density at radius 1 is 0.977 bits per heavy atom. The molecule has 0 saturated carbocycles. The fourth-order valence-electron chi connectivity index (χ4n) is 5.08. The molecule has 6 rings (SSSR count). The molecule has 1 fully saturated rings. The lowest BCUT2D eigenvalue weighted by atomic mass is 10.00. The normalized spacial score (nSPS) is 18.0. The van der Waals surface area contributed by atoms with Crippen molar-refractivity contribution in [3.05, 3.63) is 136 Å². The molecule has 216 valence electrons. The first-order valence-corrected chi connectivity index (χ1v) is 15.6. The van der Waals surface area contributed by atoms with Crippen molar-refractivity contribution in [1.82, 2.24) is 19.8 Å². The highest BCUT2D eigenvalue weighted by Crippen LogP contribution is 2.42. The van der Waals surface area contributed by atoms with Gasteiger partial charge in [0, 0.05) is 5.75 Å². The number of carbonyl (C=O) groups is 3. The molecule has 0 bridgehead atoms. The number of aryl methyl sites for hydroxylation is 1. The first-order chi connectivity index (χ1) is 21.0. The van der Waals surface area contributed by atoms with Gasteiger partial charge in [-0.15, -0.1) is 16.9 Å². The van der Waals surface area contributed by atoms with Gasteiger partial charge in [-0.05, 0) is 46.8 Å². The zero-order valence-electron chi connectivity index (χ0n) is 23.3. The van der Waals surface area contributed by atoms with E-state index in [-0.39, 0.29) is 23.9 Å². The summed E-state index contributed by atoms with van der Waals surface area (Å²) in [6.07, 6.45) is 3.18. The van der Waals surface area contributed by atoms with E-state index in [4.69, 9.17) is 4.74 Å². The van der Waals surface area contributed by atoms with E-state index in [1.54, 1.807) is 0 Å². The minimum absolute atomic E-state index is 0.165. The predicted molar refractivity (Wildman–Crippen MR) is 167 cm³/mol. The minimum Gasteiger partial charge on any atom is -0.448 e. The van der Waals surface area contributed by atoms with E-state index in [1.165, 1.54) is 28.2 Å². The van der Waals surface area contributed by atoms with Gasteiger partial charge in [0.05, 0.1) is 17.0 Å². The molecule has 2 aliphatic heterocycles. The molecular weight excluding hydrogens is 581 g/mol. The molecule has 2 aliphatic rings. The molecule has 10 heteroatoms. The van der Waals surface area contributed by atoms with Gasteiger partial charge in [-0.1, -0.05) is 102 Å². The maximum absolute atomic E-state index is 14.1. The predicted octanol–water partition coefficient (Wildman–Crippen LogP) is 5.09. The number of nitrogens with one attached hydrogen (secondary N) is 1. The second-order valence-electron chi connectivity index (χ2n) is 10.2. The molecule has 0 aliphatic carbocycles. The summed E-state index contributed by atoms with van der Waals surface area (Å²) >= 11 is 2.76. The number of hydrogen-bond acceptors (Lipinski definition) is 8. The van der Waals surface area contributed by atoms with Crippen molar-refractivity contribution in [1.29, 1.82) is 0 Å². The average molecular weight is 609 g/mol. The standard InChI is InChI=1S/C33H28N4O4S2/c1-21-26(43-36-35-21)18-17-25-20-42-32-28(34-27(38)19-22-11-5-2-6-12-22)31(39)37(32)29(25)33(40)41-30(23-13-7-3-8-14-23)24-15-9-4-10-16-24/h2-18,28,30,32H,19-20H2,1H3,(H,34,38)/b18-17+/t28?,32-/m1/s1. The largest absolute Gasteiger partial charge is 0.448 e. The van der Waals surface area contributed by atoms with Crippen LogP contribution in [0.4, 0.5) is 0 Å². The third-order valence-corrected chi connectivity index (χ3v) is 9.36. The second kappa shape index (κ2) is 12.8. The van der Waals surface area contributed by atoms with E-state index >= 15 is 0 Å². The molecule has 3 heterocycles. The van der Waals surface area contributed by atoms with E-state index in [2.05, 4.69) is 14.9 Å². The molecule has 0 radical (unpaired) electrons. The Bertz CT molecular complexity index is 1650. The van der Waals surface area contributed by atoms with Crippen LogP contribution in [0.25, 0.3) is 6.08 Å². The van der Waals surface area contributed by atoms with Crippen molar-refractivity contribution in [3.8, 4) is 0 Å². The zero-order chi connectivity index (χ0) is 29.8. The van der Waals surface area contributed by atoms with Crippen molar-refractivity contribution >= 4 is 47.2 Å². The van der Waals surface area contributed by atoms with Gasteiger partial charge in [0.15, 0.2) is 6.10 Å². The Morgan fingerprint density at radius 2 is 1.60 bits per heavy atom. The topological polar surface area (TPSA) is 101 Å². The Hall–Kier alpha value is -4.54. The number of rotatable bonds is 9. The van der Waals surface area contributed by atoms with E-state index in [0.29, 0.717) is 11.3 Å². The van der Waals surface area contributed by atoms with Crippen LogP contribution in [0, 0.1) is 6.92 Å². The number of esters is 1. The van der Waals surface area contributed by atoms with Crippen LogP contribution in [-0.2, 0) is 25.5 Å². The van der Waals surface area contributed by atoms with Gasteiger partial charge < -0.3 is 10.1 Å². The summed E-state index contributed by atoms with van der Waals surface area (Å²) in [5, 5.41) is 6.52. The summed E-state index contributed by atoms with van der Waals surface area (Å²) in [5.41, 5.74) is 4.11. The van der Waals surface area contributed by atoms with Gasteiger partial charge in [0.25, 0.3) is 5.91 Å². The Balaban J connectivity index is 1.29. The SMILES string of the molecule is Cc1nnsc1/C=C/C1=C(C(=O)OC(c2ccccc2)c2ccccc2)N2C(=O)C(NC(=O)Cc3ccccc3)[C@H]2SC1. The van der Waals surface area contributed by atoms with E-state index in [9.17, 15) is 14.4 Å². The molecule has 1 aromatic heterocycles. The van der Waals surface area contributed by atoms with Crippen molar-refractivity contribution in [2.75, 3.05) is 5.75 Å². The molecule has 43 heavy (non-hydrogen) atoms. The summed E-state index contributed by atoms with van der Waals surface area (Å²) in [7, 11) is 0. The molecule has 1 saturated heterocycles. The number of allylic oxidation sites excluding steroid dienone is 1. The molecule has 0 spiro atoms. The highest BCUT2D eigenvalue weighted by Gasteiger charge is 2.54. The van der Waals surface area contributed by atoms with Crippen LogP contribution < -0.4 is 5.32 Å². The van der Waals surface area contributed by atoms with Gasteiger partial charge in [-0.2, -0.15) is 0 Å². The van der Waals surface area contributed by atoms with Crippen LogP contribution in [-0.4, -0.2) is 49.4 Å². The molecule has 8 nitrogen and oxygen atoms in total. The Kier molecular flexibility index (Phi) is 8.48. The zero-order valence-corrected chi connectivity index (χ0v) is 24.9. The van der Waals surface area contributed by atoms with Gasteiger partial charge in [-0.3, -0.25) is 14.5 Å². The fourth-order valence-corrected chi connectivity index (χ4v) is 6.95. The summed E-state index contributed by atoms with van der Waals surface area (Å²) < 4.78 is 10.2. The number of hydrogen-bond donors (Lipinski definition) is 1. The molecule has 1 unspecified atom stereocenters. The number of aromatic nitrogens is 2. The third-order valence-electron chi connectivity index (χ3n) is 7.27. The number of fused-ring (bicyclic) bond motifs is 1. The lowest BCUT2D eigenvalue weighted by Crippen LogP contribution is -2.70. The van der Waals surface area contributed by atoms with Crippen LogP contribution in [0.3, 0.4) is 0 Å². The van der Waals surface area contributed by atoms with Crippen molar-refractivity contribution in [2.45, 2.75) is 30.9 Å². The van der Waals surface area contributed by atoms with Crippen molar-refractivity contribution in [2.24, 2.45) is 0 Å². The number of benzene rings is 3. The third kappa shape index (κ3) is 6.16. The molecule has 3 aromatic carbocycles. The van der Waals surface area contributed by atoms with Crippen LogP contribution in [0.1, 0.15) is 33.4 Å². The van der Waals surface area contributed by atoms with Gasteiger partial charge in [0.1, 0.15) is 17.1 Å². The maximum Gasteiger partial charge on any atom is 0.356 e. The number of ether oxygens (including phenoxy) is 1. The molecule has 4 aromatic rings. The first kappa shape index (κ1) is 28.6. The fraction of sp³-hybridized carbons (Fsp3) is 0.182. The highest BCUT2D eigenvalue weighted by molar-refractivity contribution is 8.00. The lowest BCUT2D eigenvalue weighted by molar-refractivity contribution is -0.154. The molecular formula is C33H28N4O4S2. The molecule has 2 atom stereocenters. The van der Waals surface area contributed by atoms with E-state index < -0.39 is 23.5 Å². The smallest absolute Gasteiger partial charge is 0.356 e. The van der Waals surface area contributed by atoms with Crippen LogP contribution in [0.5, 0.6) is 0 Å². The highest BCUT2D eigenvalue weighted by atomic mass is 32.2. The molecule has 1 N–H and O–H groups in total. The number of thioether (sulfide) groups is 1. The summed E-state index contributed by atoms with van der Waals surface area (Å²) in [6.45, 7) is 1.87. The average Bonchev–Trinajstić information content (AvgIpc) is 3.46. The number of carbonyl (C=O) groups excluding carboxylic acids is 3. The van der Waals surface area contributed by atoms with Crippen LogP contribution in [0.2, 0.25) is 0 Å². The summed E-state index contributed by atoms with van der Waals surface area (Å²) in [5.74, 6) is -0.746. The number of β-lactam (4-membered cyclic amide) rings is 1. The summed E-state index contributed by atoms with van der Waals surface area (Å²) in [6, 6.07) is 27.7. The minimum atomic E-state index is -0.735. The summed E-state index contributed by atoms with van der Waals surface area (Å²) in [4.78, 5) is 42.8. The van der Waals surface area contributed by atoms with E-state index in [1.807, 2.05) is 110 Å². The quantitative estimate of drug-likeness (QED) is 0.209. The van der Waals surface area contributed by atoms with Gasteiger partial charge in [-0.25, -0.2) is 4.79 Å². The van der Waals surface area contributed by atoms with Crippen LogP contribution >= 0.6 is 23.3 Å². The lowest BCUT2D eigenvalue weighted by Gasteiger charge is -2.49. The van der Waals surface area contributed by atoms with Crippen molar-refractivity contribution < 1.29 is 19.1 Å². The van der Waals surface area contributed by atoms with Crippen molar-refractivity contribution in [3.63, 3.8) is 0 Å². The second-order valence-corrected chi connectivity index (χ2v) is 12.0. The number of amides is 2. The monoisotopic (exact) mass is 608 g/mol. The Morgan fingerprint density at radius 3 is 2.21 bits per heavy atom. The first-order valence-electron chi connectivity index (χ1n) is 13.8. The maximum atomic E-state index is 14.1. The Labute approximate surface area is 257 Å². The number of nitrogens with zero attached hydrogens (tertiary/aromatic N) is 3. The van der Waals surface area contributed by atoms with E-state index in [0.717, 1.165) is 27.3 Å². The van der Waals surface area contributed by atoms with Crippen LogP contribution in [0.15, 0.2) is 108 Å².